The molecule has 7 heteroatoms. The third-order valence-corrected chi connectivity index (χ3v) is 8.02. The van der Waals surface area contributed by atoms with Crippen molar-refractivity contribution in [3.8, 4) is 0 Å². The first kappa shape index (κ1) is 16.1. The summed E-state index contributed by atoms with van der Waals surface area (Å²) in [5.41, 5.74) is 0. The van der Waals surface area contributed by atoms with Crippen molar-refractivity contribution in [2.24, 2.45) is 5.92 Å². The molecular weight excluding hydrogens is 306 g/mol. The molecule has 1 N–H and O–H groups in total. The monoisotopic (exact) mass is 333 g/mol. The molecule has 3 fully saturated rings. The Bertz CT molecular complexity index is 447. The van der Waals surface area contributed by atoms with Gasteiger partial charge in [-0.2, -0.15) is 28.8 Å². The molecule has 1 aliphatic carbocycles. The van der Waals surface area contributed by atoms with Crippen LogP contribution in [-0.2, 0) is 10.2 Å². The number of thioether (sulfide) groups is 1. The average Bonchev–Trinajstić information content (AvgIpc) is 3.16. The molecule has 2 unspecified atom stereocenters. The van der Waals surface area contributed by atoms with E-state index in [9.17, 15) is 8.42 Å². The van der Waals surface area contributed by atoms with E-state index in [2.05, 4.69) is 5.32 Å². The quantitative estimate of drug-likeness (QED) is 0.792. The molecule has 3 aliphatic rings. The van der Waals surface area contributed by atoms with Crippen LogP contribution in [0.4, 0.5) is 0 Å². The fourth-order valence-electron chi connectivity index (χ4n) is 3.20. The van der Waals surface area contributed by atoms with E-state index in [1.54, 1.807) is 15.7 Å². The van der Waals surface area contributed by atoms with Gasteiger partial charge in [-0.25, -0.2) is 0 Å². The number of nitrogens with zero attached hydrogens (tertiary/aromatic N) is 2. The highest BCUT2D eigenvalue weighted by Gasteiger charge is 2.36. The Kier molecular flexibility index (Phi) is 5.15. The Balaban J connectivity index is 1.57. The molecule has 2 aliphatic heterocycles. The molecule has 0 aromatic carbocycles. The maximum atomic E-state index is 12.8. The van der Waals surface area contributed by atoms with Crippen LogP contribution in [0.15, 0.2) is 0 Å². The van der Waals surface area contributed by atoms with Gasteiger partial charge in [-0.05, 0) is 50.3 Å². The van der Waals surface area contributed by atoms with Gasteiger partial charge in [0.25, 0.3) is 10.2 Å². The first-order chi connectivity index (χ1) is 10.1. The van der Waals surface area contributed by atoms with Crippen molar-refractivity contribution < 1.29 is 8.42 Å². The van der Waals surface area contributed by atoms with Gasteiger partial charge in [0.1, 0.15) is 0 Å². The van der Waals surface area contributed by atoms with E-state index in [-0.39, 0.29) is 6.04 Å². The van der Waals surface area contributed by atoms with Gasteiger partial charge in [-0.3, -0.25) is 0 Å². The van der Waals surface area contributed by atoms with Gasteiger partial charge in [-0.1, -0.05) is 0 Å². The third kappa shape index (κ3) is 3.93. The topological polar surface area (TPSA) is 52.7 Å². The number of rotatable bonds is 6. The number of nitrogens with one attached hydrogen (secondary N) is 1. The van der Waals surface area contributed by atoms with Crippen molar-refractivity contribution in [1.82, 2.24) is 13.9 Å². The van der Waals surface area contributed by atoms with Crippen LogP contribution in [0.2, 0.25) is 0 Å². The van der Waals surface area contributed by atoms with Crippen LogP contribution < -0.4 is 5.32 Å². The first-order valence-corrected chi connectivity index (χ1v) is 10.7. The number of piperidine rings is 1. The number of hydrogen-bond donors (Lipinski definition) is 1. The van der Waals surface area contributed by atoms with Crippen LogP contribution >= 0.6 is 11.8 Å². The van der Waals surface area contributed by atoms with Gasteiger partial charge < -0.3 is 5.32 Å². The van der Waals surface area contributed by atoms with Crippen LogP contribution in [0, 0.1) is 5.92 Å². The Morgan fingerprint density at radius 3 is 2.76 bits per heavy atom. The Hall–Kier alpha value is 0.180. The van der Waals surface area contributed by atoms with E-state index in [1.165, 1.54) is 12.8 Å². The van der Waals surface area contributed by atoms with Gasteiger partial charge in [-0.15, -0.1) is 0 Å². The summed E-state index contributed by atoms with van der Waals surface area (Å²) in [6, 6.07) is 0.889. The summed E-state index contributed by atoms with van der Waals surface area (Å²) in [5.74, 6) is 2.50. The van der Waals surface area contributed by atoms with Crippen molar-refractivity contribution in [3.63, 3.8) is 0 Å². The van der Waals surface area contributed by atoms with Crippen LogP contribution in [-0.4, -0.2) is 67.3 Å². The van der Waals surface area contributed by atoms with Gasteiger partial charge >= 0.3 is 0 Å². The van der Waals surface area contributed by atoms with E-state index in [4.69, 9.17) is 0 Å². The molecule has 0 bridgehead atoms. The summed E-state index contributed by atoms with van der Waals surface area (Å²) in [6.07, 6.45) is 5.70. The second-order valence-electron chi connectivity index (χ2n) is 6.59. The van der Waals surface area contributed by atoms with Crippen molar-refractivity contribution in [2.45, 2.75) is 44.2 Å². The van der Waals surface area contributed by atoms with Crippen molar-refractivity contribution >= 4 is 22.0 Å². The third-order valence-electron chi connectivity index (χ3n) is 4.86. The summed E-state index contributed by atoms with van der Waals surface area (Å²) in [6.45, 7) is 2.35. The molecule has 0 aromatic heterocycles. The highest BCUT2D eigenvalue weighted by molar-refractivity contribution is 7.99. The van der Waals surface area contributed by atoms with Crippen LogP contribution in [0.25, 0.3) is 0 Å². The lowest BCUT2D eigenvalue weighted by Gasteiger charge is -2.36. The lowest BCUT2D eigenvalue weighted by atomic mass is 10.00. The van der Waals surface area contributed by atoms with E-state index in [1.807, 2.05) is 11.8 Å². The molecule has 2 heterocycles. The largest absolute Gasteiger partial charge is 0.314 e. The summed E-state index contributed by atoms with van der Waals surface area (Å²) in [4.78, 5) is 0. The zero-order valence-electron chi connectivity index (χ0n) is 12.8. The molecule has 0 aromatic rings. The molecular formula is C14H27N3O2S2. The van der Waals surface area contributed by atoms with E-state index in [0.29, 0.717) is 25.0 Å². The van der Waals surface area contributed by atoms with Crippen molar-refractivity contribution in [1.29, 1.82) is 0 Å². The predicted octanol–water partition coefficient (Wildman–Crippen LogP) is 1.13. The van der Waals surface area contributed by atoms with Crippen molar-refractivity contribution in [3.05, 3.63) is 0 Å². The second-order valence-corrected chi connectivity index (χ2v) is 9.73. The molecule has 21 heavy (non-hydrogen) atoms. The lowest BCUT2D eigenvalue weighted by molar-refractivity contribution is 0.239. The minimum absolute atomic E-state index is 0.185. The first-order valence-electron chi connectivity index (χ1n) is 8.11. The molecule has 0 radical (unpaired) electrons. The SMILES string of the molecule is CN(C1CCSC1)S(=O)(=O)N1CCCC(CNC2CC2)C1. The molecule has 0 spiro atoms. The highest BCUT2D eigenvalue weighted by Crippen LogP contribution is 2.27. The van der Waals surface area contributed by atoms with E-state index < -0.39 is 10.2 Å². The average molecular weight is 334 g/mol. The minimum Gasteiger partial charge on any atom is -0.314 e. The fourth-order valence-corrected chi connectivity index (χ4v) is 6.25. The zero-order valence-corrected chi connectivity index (χ0v) is 14.5. The summed E-state index contributed by atoms with van der Waals surface area (Å²) in [7, 11) is -1.51. The fraction of sp³-hybridized carbons (Fsp3) is 1.00. The van der Waals surface area contributed by atoms with E-state index in [0.717, 1.165) is 37.3 Å². The minimum atomic E-state index is -3.28. The standard InChI is InChI=1S/C14H27N3O2S2/c1-16(14-6-8-20-11-14)21(18,19)17-7-2-3-12(10-17)9-15-13-4-5-13/h12-15H,2-11H2,1H3. The molecule has 0 amide bonds. The highest BCUT2D eigenvalue weighted by atomic mass is 32.2. The molecule has 5 nitrogen and oxygen atoms in total. The maximum absolute atomic E-state index is 12.8. The van der Waals surface area contributed by atoms with Crippen LogP contribution in [0.1, 0.15) is 32.1 Å². The summed E-state index contributed by atoms with van der Waals surface area (Å²) in [5, 5.41) is 3.54. The molecule has 2 saturated heterocycles. The summed E-state index contributed by atoms with van der Waals surface area (Å²) >= 11 is 1.86. The Morgan fingerprint density at radius 2 is 2.10 bits per heavy atom. The van der Waals surface area contributed by atoms with Gasteiger partial charge in [0.05, 0.1) is 0 Å². The normalized spacial score (nSPS) is 31.9. The Morgan fingerprint density at radius 1 is 1.29 bits per heavy atom. The van der Waals surface area contributed by atoms with E-state index >= 15 is 0 Å². The van der Waals surface area contributed by atoms with Crippen LogP contribution in [0.5, 0.6) is 0 Å². The predicted molar refractivity (Wildman–Crippen MR) is 87.7 cm³/mol. The summed E-state index contributed by atoms with van der Waals surface area (Å²) < 4.78 is 28.9. The van der Waals surface area contributed by atoms with Crippen LogP contribution in [0.3, 0.4) is 0 Å². The molecule has 2 atom stereocenters. The molecule has 1 saturated carbocycles. The zero-order chi connectivity index (χ0) is 14.9. The maximum Gasteiger partial charge on any atom is 0.282 e. The van der Waals surface area contributed by atoms with Crippen molar-refractivity contribution in [2.75, 3.05) is 38.2 Å². The van der Waals surface area contributed by atoms with Gasteiger partial charge in [0.2, 0.25) is 0 Å². The molecule has 122 valence electrons. The second kappa shape index (κ2) is 6.74. The van der Waals surface area contributed by atoms with Gasteiger partial charge in [0.15, 0.2) is 0 Å². The molecule has 3 rings (SSSR count). The Labute approximate surface area is 133 Å². The van der Waals surface area contributed by atoms with Gasteiger partial charge in [0, 0.05) is 38.0 Å². The lowest BCUT2D eigenvalue weighted by Crippen LogP contribution is -2.51. The smallest absolute Gasteiger partial charge is 0.282 e. The number of hydrogen-bond acceptors (Lipinski definition) is 4.